The lowest BCUT2D eigenvalue weighted by Crippen LogP contribution is -2.37. The second-order valence-corrected chi connectivity index (χ2v) is 6.55. The fourth-order valence-corrected chi connectivity index (χ4v) is 2.46. The van der Waals surface area contributed by atoms with Gasteiger partial charge in [-0.2, -0.15) is 0 Å². The summed E-state index contributed by atoms with van der Waals surface area (Å²) >= 11 is 0. The highest BCUT2D eigenvalue weighted by molar-refractivity contribution is 5.92. The van der Waals surface area contributed by atoms with Gasteiger partial charge in [0.15, 0.2) is 0 Å². The molecule has 1 aromatic carbocycles. The Bertz CT molecular complexity index is 670. The van der Waals surface area contributed by atoms with Crippen molar-refractivity contribution in [1.82, 2.24) is 9.80 Å². The molecule has 1 amide bonds. The molecule has 0 aliphatic carbocycles. The van der Waals surface area contributed by atoms with Crippen molar-refractivity contribution in [2.75, 3.05) is 40.8 Å². The van der Waals surface area contributed by atoms with Crippen molar-refractivity contribution in [1.29, 1.82) is 0 Å². The first-order valence-corrected chi connectivity index (χ1v) is 8.68. The Morgan fingerprint density at radius 3 is 2.37 bits per heavy atom. The first-order chi connectivity index (χ1) is 12.7. The number of non-ortho nitro benzene ring substituents is 1. The smallest absolute Gasteiger partial charge is 0.310 e. The number of nitro groups is 1. The van der Waals surface area contributed by atoms with Crippen LogP contribution in [0.2, 0.25) is 0 Å². The lowest BCUT2D eigenvalue weighted by Gasteiger charge is -2.24. The summed E-state index contributed by atoms with van der Waals surface area (Å²) in [4.78, 5) is 38.1. The third-order valence-corrected chi connectivity index (χ3v) is 3.97. The lowest BCUT2D eigenvalue weighted by molar-refractivity contribution is -0.384. The second kappa shape index (κ2) is 11.1. The van der Waals surface area contributed by atoms with Gasteiger partial charge in [-0.1, -0.05) is 6.92 Å². The molecule has 1 rings (SSSR count). The van der Waals surface area contributed by atoms with Gasteiger partial charge in [-0.15, -0.1) is 0 Å². The maximum absolute atomic E-state index is 12.6. The van der Waals surface area contributed by atoms with Gasteiger partial charge in [0.2, 0.25) is 5.91 Å². The number of methoxy groups -OCH3 is 1. The average Bonchev–Trinajstić information content (AvgIpc) is 2.64. The van der Waals surface area contributed by atoms with Crippen molar-refractivity contribution in [3.8, 4) is 0 Å². The highest BCUT2D eigenvalue weighted by Gasteiger charge is 2.20. The first-order valence-electron chi connectivity index (χ1n) is 8.68. The molecule has 1 atom stereocenters. The van der Waals surface area contributed by atoms with Crippen molar-refractivity contribution < 1.29 is 19.2 Å². The molecule has 0 spiro atoms. The van der Waals surface area contributed by atoms with E-state index < -0.39 is 10.8 Å². The Balaban J connectivity index is 2.80. The minimum atomic E-state index is -0.473. The van der Waals surface area contributed by atoms with Crippen molar-refractivity contribution in [3.63, 3.8) is 0 Å². The zero-order valence-corrected chi connectivity index (χ0v) is 16.3. The maximum Gasteiger partial charge on any atom is 0.310 e. The van der Waals surface area contributed by atoms with Crippen molar-refractivity contribution in [2.45, 2.75) is 13.3 Å². The largest absolute Gasteiger partial charge is 0.469 e. The normalized spacial score (nSPS) is 12.2. The van der Waals surface area contributed by atoms with E-state index in [1.165, 1.54) is 25.3 Å². The summed E-state index contributed by atoms with van der Waals surface area (Å²) in [6, 6.07) is 5.93. The zero-order chi connectivity index (χ0) is 20.4. The standard InChI is InChI=1S/C19H27N3O5/c1-15(19(24)27-4)14-21(13-5-12-20(2)3)18(23)11-8-16-6-9-17(10-7-16)22(25)26/h6-11,15H,5,12-14H2,1-4H3/b11-8+. The molecule has 0 N–H and O–H groups in total. The van der Waals surface area contributed by atoms with Crippen LogP contribution in [0.25, 0.3) is 6.08 Å². The molecule has 8 heteroatoms. The average molecular weight is 377 g/mol. The van der Waals surface area contributed by atoms with E-state index >= 15 is 0 Å². The molecule has 27 heavy (non-hydrogen) atoms. The molecule has 0 saturated heterocycles. The Morgan fingerprint density at radius 1 is 1.22 bits per heavy atom. The molecule has 0 heterocycles. The van der Waals surface area contributed by atoms with E-state index in [2.05, 4.69) is 0 Å². The molecule has 148 valence electrons. The van der Waals surface area contributed by atoms with Gasteiger partial charge in [-0.25, -0.2) is 0 Å². The monoisotopic (exact) mass is 377 g/mol. The highest BCUT2D eigenvalue weighted by atomic mass is 16.6. The van der Waals surface area contributed by atoms with Gasteiger partial charge < -0.3 is 14.5 Å². The third kappa shape index (κ3) is 8.00. The Labute approximate surface area is 159 Å². The van der Waals surface area contributed by atoms with Crippen molar-refractivity contribution in [3.05, 3.63) is 46.0 Å². The topological polar surface area (TPSA) is 93.0 Å². The number of carbonyl (C=O) groups is 2. The molecule has 0 radical (unpaired) electrons. The second-order valence-electron chi connectivity index (χ2n) is 6.55. The summed E-state index contributed by atoms with van der Waals surface area (Å²) in [5, 5.41) is 10.7. The Kier molecular flexibility index (Phi) is 9.15. The van der Waals surface area contributed by atoms with Gasteiger partial charge in [0.05, 0.1) is 18.0 Å². The quantitative estimate of drug-likeness (QED) is 0.269. The van der Waals surface area contributed by atoms with Crippen molar-refractivity contribution in [2.24, 2.45) is 5.92 Å². The number of nitro benzene ring substituents is 1. The molecule has 0 fully saturated rings. The van der Waals surface area contributed by atoms with Crippen LogP contribution in [0.4, 0.5) is 5.69 Å². The molecule has 0 aromatic heterocycles. The molecule has 0 bridgehead atoms. The van der Waals surface area contributed by atoms with Crippen LogP contribution < -0.4 is 0 Å². The molecule has 0 aliphatic heterocycles. The molecule has 1 aromatic rings. The fourth-order valence-electron chi connectivity index (χ4n) is 2.46. The summed E-state index contributed by atoms with van der Waals surface area (Å²) < 4.78 is 4.74. The van der Waals surface area contributed by atoms with Crippen molar-refractivity contribution >= 4 is 23.6 Å². The van der Waals surface area contributed by atoms with Crippen LogP contribution in [0.5, 0.6) is 0 Å². The fraction of sp³-hybridized carbons (Fsp3) is 0.474. The van der Waals surface area contributed by atoms with Gasteiger partial charge in [0.1, 0.15) is 0 Å². The Morgan fingerprint density at radius 2 is 1.85 bits per heavy atom. The van der Waals surface area contributed by atoms with Gasteiger partial charge in [-0.05, 0) is 50.8 Å². The summed E-state index contributed by atoms with van der Waals surface area (Å²) in [5.74, 6) is -1.01. The number of nitrogens with zero attached hydrogens (tertiary/aromatic N) is 3. The summed E-state index contributed by atoms with van der Waals surface area (Å²) in [6.45, 7) is 3.33. The number of rotatable bonds is 10. The molecule has 8 nitrogen and oxygen atoms in total. The van der Waals surface area contributed by atoms with Crippen LogP contribution in [-0.2, 0) is 14.3 Å². The third-order valence-electron chi connectivity index (χ3n) is 3.97. The number of esters is 1. The van der Waals surface area contributed by atoms with Crippen LogP contribution >= 0.6 is 0 Å². The number of benzene rings is 1. The minimum absolute atomic E-state index is 0.00399. The minimum Gasteiger partial charge on any atom is -0.469 e. The van der Waals surface area contributed by atoms with Crippen LogP contribution in [0.3, 0.4) is 0 Å². The van der Waals surface area contributed by atoms with E-state index in [1.54, 1.807) is 30.0 Å². The summed E-state index contributed by atoms with van der Waals surface area (Å²) in [6.07, 6.45) is 3.80. The van der Waals surface area contributed by atoms with E-state index in [1.807, 2.05) is 19.0 Å². The van der Waals surface area contributed by atoms with Crippen LogP contribution in [0.1, 0.15) is 18.9 Å². The molecule has 0 saturated carbocycles. The number of ether oxygens (including phenoxy) is 1. The molecule has 0 aliphatic rings. The van der Waals surface area contributed by atoms with Crippen LogP contribution in [-0.4, -0.2) is 67.4 Å². The number of hydrogen-bond donors (Lipinski definition) is 0. The number of amides is 1. The highest BCUT2D eigenvalue weighted by Crippen LogP contribution is 2.13. The van der Waals surface area contributed by atoms with Gasteiger partial charge in [-0.3, -0.25) is 19.7 Å². The summed E-state index contributed by atoms with van der Waals surface area (Å²) in [7, 11) is 5.24. The van der Waals surface area contributed by atoms with Crippen LogP contribution in [0.15, 0.2) is 30.3 Å². The Hall–Kier alpha value is -2.74. The number of carbonyl (C=O) groups excluding carboxylic acids is 2. The maximum atomic E-state index is 12.6. The SMILES string of the molecule is COC(=O)C(C)CN(CCCN(C)C)C(=O)/C=C/c1ccc([N+](=O)[O-])cc1. The van der Waals surface area contributed by atoms with Gasteiger partial charge in [0.25, 0.3) is 5.69 Å². The van der Waals surface area contributed by atoms with Gasteiger partial charge >= 0.3 is 5.97 Å². The van der Waals surface area contributed by atoms with E-state index in [0.717, 1.165) is 13.0 Å². The van der Waals surface area contributed by atoms with E-state index in [0.29, 0.717) is 12.1 Å². The molecular weight excluding hydrogens is 350 g/mol. The predicted molar refractivity (Wildman–Crippen MR) is 103 cm³/mol. The summed E-state index contributed by atoms with van der Waals surface area (Å²) in [5.41, 5.74) is 0.680. The zero-order valence-electron chi connectivity index (χ0n) is 16.3. The molecular formula is C19H27N3O5. The lowest BCUT2D eigenvalue weighted by atomic mass is 10.1. The van der Waals surface area contributed by atoms with E-state index in [9.17, 15) is 19.7 Å². The van der Waals surface area contributed by atoms with E-state index in [-0.39, 0.29) is 24.1 Å². The van der Waals surface area contributed by atoms with Gasteiger partial charge in [0, 0.05) is 31.3 Å². The first kappa shape index (κ1) is 22.3. The van der Waals surface area contributed by atoms with Crippen LogP contribution in [0, 0.1) is 16.0 Å². The van der Waals surface area contributed by atoms with E-state index in [4.69, 9.17) is 4.74 Å². The molecule has 1 unspecified atom stereocenters. The number of hydrogen-bond acceptors (Lipinski definition) is 6. The predicted octanol–water partition coefficient (Wildman–Crippen LogP) is 2.20.